The Balaban J connectivity index is 2.32. The van der Waals surface area contributed by atoms with Crippen LogP contribution in [-0.4, -0.2) is 44.7 Å². The van der Waals surface area contributed by atoms with Crippen molar-refractivity contribution in [2.24, 2.45) is 7.05 Å². The maximum absolute atomic E-state index is 11.6. The van der Waals surface area contributed by atoms with Gasteiger partial charge in [0.1, 0.15) is 0 Å². The second kappa shape index (κ2) is 5.61. The van der Waals surface area contributed by atoms with E-state index in [9.17, 15) is 4.79 Å². The van der Waals surface area contributed by atoms with Gasteiger partial charge in [-0.25, -0.2) is 14.5 Å². The van der Waals surface area contributed by atoms with Gasteiger partial charge in [0.2, 0.25) is 0 Å². The van der Waals surface area contributed by atoms with Gasteiger partial charge >= 0.3 is 5.97 Å². The number of hydrogen-bond acceptors (Lipinski definition) is 6. The van der Waals surface area contributed by atoms with Crippen LogP contribution in [0.5, 0.6) is 0 Å². The van der Waals surface area contributed by atoms with Crippen molar-refractivity contribution in [3.05, 3.63) is 29.6 Å². The summed E-state index contributed by atoms with van der Waals surface area (Å²) in [5.41, 5.74) is 1.70. The summed E-state index contributed by atoms with van der Waals surface area (Å²) in [5.74, 6) is -0.525. The summed E-state index contributed by atoms with van der Waals surface area (Å²) in [6.45, 7) is 0.689. The molecule has 8 heteroatoms. The molecule has 19 heavy (non-hydrogen) atoms. The van der Waals surface area contributed by atoms with Gasteiger partial charge in [-0.15, -0.1) is 5.10 Å². The summed E-state index contributed by atoms with van der Waals surface area (Å²) in [6, 6.07) is 0. The van der Waals surface area contributed by atoms with Crippen LogP contribution in [0.3, 0.4) is 0 Å². The Kier molecular flexibility index (Phi) is 3.91. The Bertz CT molecular complexity index is 575. The molecule has 0 aromatic carbocycles. The number of ether oxygens (including phenoxy) is 2. The van der Waals surface area contributed by atoms with Crippen molar-refractivity contribution in [2.75, 3.05) is 14.2 Å². The molecular weight excluding hydrogens is 250 g/mol. The number of aryl methyl sites for hydroxylation is 1. The van der Waals surface area contributed by atoms with E-state index in [1.54, 1.807) is 24.3 Å². The lowest BCUT2D eigenvalue weighted by Gasteiger charge is -2.07. The van der Waals surface area contributed by atoms with Crippen LogP contribution in [0.25, 0.3) is 0 Å². The number of nitrogens with zero attached hydrogens (tertiary/aromatic N) is 5. The van der Waals surface area contributed by atoms with E-state index in [0.29, 0.717) is 12.2 Å². The number of esters is 1. The fourth-order valence-corrected chi connectivity index (χ4v) is 1.69. The largest absolute Gasteiger partial charge is 0.464 e. The number of carbonyl (C=O) groups is 1. The minimum atomic E-state index is -0.525. The SMILES string of the molecule is COCc1c(C(=O)OC)nnn1Cc1cncn1C. The lowest BCUT2D eigenvalue weighted by molar-refractivity contribution is 0.0588. The molecule has 0 bridgehead atoms. The quantitative estimate of drug-likeness (QED) is 0.707. The molecule has 0 spiro atoms. The Morgan fingerprint density at radius 3 is 2.79 bits per heavy atom. The first-order chi connectivity index (χ1) is 9.17. The van der Waals surface area contributed by atoms with Crippen molar-refractivity contribution >= 4 is 5.97 Å². The molecule has 0 aliphatic carbocycles. The summed E-state index contributed by atoms with van der Waals surface area (Å²) in [5, 5.41) is 7.81. The van der Waals surface area contributed by atoms with Crippen molar-refractivity contribution in [2.45, 2.75) is 13.2 Å². The summed E-state index contributed by atoms with van der Waals surface area (Å²) in [6.07, 6.45) is 3.43. The molecule has 0 fully saturated rings. The van der Waals surface area contributed by atoms with E-state index in [2.05, 4.69) is 20.0 Å². The molecule has 8 nitrogen and oxygen atoms in total. The minimum Gasteiger partial charge on any atom is -0.464 e. The second-order valence-corrected chi connectivity index (χ2v) is 3.96. The Hall–Kier alpha value is -2.22. The molecule has 2 aromatic heterocycles. The van der Waals surface area contributed by atoms with Gasteiger partial charge in [-0.1, -0.05) is 5.21 Å². The van der Waals surface area contributed by atoms with Crippen molar-refractivity contribution in [1.82, 2.24) is 24.5 Å². The van der Waals surface area contributed by atoms with E-state index in [0.717, 1.165) is 5.69 Å². The highest BCUT2D eigenvalue weighted by Gasteiger charge is 2.20. The number of hydrogen-bond donors (Lipinski definition) is 0. The van der Waals surface area contributed by atoms with Crippen molar-refractivity contribution in [1.29, 1.82) is 0 Å². The monoisotopic (exact) mass is 265 g/mol. The highest BCUT2D eigenvalue weighted by atomic mass is 16.5. The van der Waals surface area contributed by atoms with Gasteiger partial charge in [-0.3, -0.25) is 0 Å². The number of aromatic nitrogens is 5. The van der Waals surface area contributed by atoms with Gasteiger partial charge in [0.05, 0.1) is 44.2 Å². The molecule has 0 unspecified atom stereocenters. The minimum absolute atomic E-state index is 0.173. The Morgan fingerprint density at radius 1 is 1.42 bits per heavy atom. The van der Waals surface area contributed by atoms with Crippen LogP contribution >= 0.6 is 0 Å². The predicted octanol–water partition coefficient (Wildman–Crippen LogP) is -0.00710. The molecule has 0 aliphatic rings. The second-order valence-electron chi connectivity index (χ2n) is 3.96. The Morgan fingerprint density at radius 2 is 2.21 bits per heavy atom. The first-order valence-corrected chi connectivity index (χ1v) is 5.62. The van der Waals surface area contributed by atoms with Crippen LogP contribution in [0.15, 0.2) is 12.5 Å². The van der Waals surface area contributed by atoms with Crippen LogP contribution < -0.4 is 0 Å². The summed E-state index contributed by atoms with van der Waals surface area (Å²) in [7, 11) is 4.73. The molecule has 2 rings (SSSR count). The first kappa shape index (κ1) is 13.2. The number of rotatable bonds is 5. The van der Waals surface area contributed by atoms with E-state index in [1.165, 1.54) is 7.11 Å². The number of methoxy groups -OCH3 is 2. The highest BCUT2D eigenvalue weighted by Crippen LogP contribution is 2.10. The molecule has 0 saturated carbocycles. The number of carbonyl (C=O) groups excluding carboxylic acids is 1. The van der Waals surface area contributed by atoms with Gasteiger partial charge in [0.25, 0.3) is 0 Å². The molecule has 2 heterocycles. The van der Waals surface area contributed by atoms with Crippen LogP contribution in [0.2, 0.25) is 0 Å². The molecule has 0 atom stereocenters. The zero-order valence-corrected chi connectivity index (χ0v) is 11.0. The van der Waals surface area contributed by atoms with E-state index >= 15 is 0 Å². The lowest BCUT2D eigenvalue weighted by atomic mass is 10.3. The zero-order valence-electron chi connectivity index (χ0n) is 11.0. The van der Waals surface area contributed by atoms with E-state index < -0.39 is 5.97 Å². The Labute approximate surface area is 110 Å². The van der Waals surface area contributed by atoms with Crippen LogP contribution in [-0.2, 0) is 29.7 Å². The van der Waals surface area contributed by atoms with Crippen LogP contribution in [0, 0.1) is 0 Å². The van der Waals surface area contributed by atoms with Gasteiger partial charge < -0.3 is 14.0 Å². The summed E-state index contributed by atoms with van der Waals surface area (Å²) < 4.78 is 13.2. The van der Waals surface area contributed by atoms with Gasteiger partial charge in [-0.05, 0) is 0 Å². The third-order valence-electron chi connectivity index (χ3n) is 2.73. The van der Waals surface area contributed by atoms with Crippen molar-refractivity contribution in [3.63, 3.8) is 0 Å². The highest BCUT2D eigenvalue weighted by molar-refractivity contribution is 5.88. The third kappa shape index (κ3) is 2.63. The molecule has 0 radical (unpaired) electrons. The third-order valence-corrected chi connectivity index (χ3v) is 2.73. The zero-order chi connectivity index (χ0) is 13.8. The van der Waals surface area contributed by atoms with Crippen LogP contribution in [0.1, 0.15) is 21.9 Å². The van der Waals surface area contributed by atoms with E-state index in [1.807, 2.05) is 11.6 Å². The predicted molar refractivity (Wildman–Crippen MR) is 64.4 cm³/mol. The van der Waals surface area contributed by atoms with E-state index in [-0.39, 0.29) is 12.3 Å². The first-order valence-electron chi connectivity index (χ1n) is 5.62. The van der Waals surface area contributed by atoms with Crippen molar-refractivity contribution < 1.29 is 14.3 Å². The van der Waals surface area contributed by atoms with Crippen LogP contribution in [0.4, 0.5) is 0 Å². The molecule has 0 saturated heterocycles. The topological polar surface area (TPSA) is 84.1 Å². The molecule has 0 aliphatic heterocycles. The van der Waals surface area contributed by atoms with Gasteiger partial charge in [-0.2, -0.15) is 0 Å². The van der Waals surface area contributed by atoms with Gasteiger partial charge in [0.15, 0.2) is 5.69 Å². The maximum Gasteiger partial charge on any atom is 0.360 e. The fourth-order valence-electron chi connectivity index (χ4n) is 1.69. The summed E-state index contributed by atoms with van der Waals surface area (Å²) in [4.78, 5) is 15.6. The van der Waals surface area contributed by atoms with Crippen molar-refractivity contribution in [3.8, 4) is 0 Å². The summed E-state index contributed by atoms with van der Waals surface area (Å²) >= 11 is 0. The maximum atomic E-state index is 11.6. The number of imidazole rings is 1. The molecule has 0 N–H and O–H groups in total. The standard InChI is InChI=1S/C11H15N5O3/c1-15-7-12-4-8(15)5-16-9(6-18-2)10(13-14-16)11(17)19-3/h4,7H,5-6H2,1-3H3. The molecule has 102 valence electrons. The van der Waals surface area contributed by atoms with E-state index in [4.69, 9.17) is 4.74 Å². The fraction of sp³-hybridized carbons (Fsp3) is 0.455. The molecular formula is C11H15N5O3. The average Bonchev–Trinajstić information content (AvgIpc) is 2.98. The molecule has 2 aromatic rings. The average molecular weight is 265 g/mol. The lowest BCUT2D eigenvalue weighted by Crippen LogP contribution is -2.12. The molecule has 0 amide bonds. The normalized spacial score (nSPS) is 10.7. The van der Waals surface area contributed by atoms with Gasteiger partial charge in [0, 0.05) is 14.2 Å². The smallest absolute Gasteiger partial charge is 0.360 e.